The molecule has 152 valence electrons. The lowest BCUT2D eigenvalue weighted by molar-refractivity contribution is -0.176. The first kappa shape index (κ1) is 22.4. The van der Waals surface area contributed by atoms with Gasteiger partial charge in [0.25, 0.3) is 0 Å². The molecule has 10 heteroatoms. The van der Waals surface area contributed by atoms with Crippen molar-refractivity contribution >= 4 is 35.3 Å². The van der Waals surface area contributed by atoms with Crippen molar-refractivity contribution in [1.82, 2.24) is 0 Å². The molecule has 0 bridgehead atoms. The molecule has 2 rings (SSSR count). The molecule has 0 aliphatic carbocycles. The number of nitrogens with zero attached hydrogens (tertiary/aromatic N) is 3. The van der Waals surface area contributed by atoms with Gasteiger partial charge in [-0.15, -0.1) is 0 Å². The van der Waals surface area contributed by atoms with Crippen molar-refractivity contribution in [1.29, 1.82) is 0 Å². The topological polar surface area (TPSA) is 111 Å². The van der Waals surface area contributed by atoms with Crippen molar-refractivity contribution in [3.63, 3.8) is 0 Å². The van der Waals surface area contributed by atoms with Gasteiger partial charge in [0.2, 0.25) is 0 Å². The van der Waals surface area contributed by atoms with Gasteiger partial charge in [0.05, 0.1) is 12.1 Å². The van der Waals surface area contributed by atoms with Crippen LogP contribution in [0.15, 0.2) is 28.2 Å². The zero-order valence-corrected chi connectivity index (χ0v) is 17.6. The van der Waals surface area contributed by atoms with Gasteiger partial charge in [0.1, 0.15) is 18.1 Å². The number of hydrogen-bond acceptors (Lipinski definition) is 7. The van der Waals surface area contributed by atoms with E-state index >= 15 is 0 Å². The number of thioether (sulfide) groups is 1. The van der Waals surface area contributed by atoms with E-state index in [2.05, 4.69) is 10.0 Å². The number of ether oxygens (including phenoxy) is 3. The van der Waals surface area contributed by atoms with Crippen LogP contribution in [0.2, 0.25) is 5.02 Å². The third-order valence-electron chi connectivity index (χ3n) is 4.37. The van der Waals surface area contributed by atoms with Crippen molar-refractivity contribution in [3.8, 4) is 0 Å². The molecule has 0 spiro atoms. The molecule has 1 aromatic rings. The molecule has 28 heavy (non-hydrogen) atoms. The van der Waals surface area contributed by atoms with E-state index in [0.717, 1.165) is 10.5 Å². The number of carbonyl (C=O) groups excluding carboxylic acids is 2. The second-order valence-corrected chi connectivity index (χ2v) is 8.08. The first-order valence-electron chi connectivity index (χ1n) is 8.66. The van der Waals surface area contributed by atoms with Crippen LogP contribution in [-0.2, 0) is 23.8 Å². The lowest BCUT2D eigenvalue weighted by Gasteiger charge is -2.43. The maximum atomic E-state index is 11.6. The average Bonchev–Trinajstić information content (AvgIpc) is 2.61. The predicted octanol–water partition coefficient (Wildman–Crippen LogP) is 4.28. The minimum absolute atomic E-state index is 0.00640. The Balaban J connectivity index is 2.33. The Kier molecular flexibility index (Phi) is 8.00. The van der Waals surface area contributed by atoms with Crippen LogP contribution in [0.5, 0.6) is 0 Å². The van der Waals surface area contributed by atoms with Crippen LogP contribution >= 0.6 is 23.4 Å². The average molecular weight is 428 g/mol. The maximum absolute atomic E-state index is 11.6. The summed E-state index contributed by atoms with van der Waals surface area (Å²) in [6, 6.07) is 4.86. The number of halogens is 1. The number of hydrogen-bond donors (Lipinski definition) is 0. The summed E-state index contributed by atoms with van der Waals surface area (Å²) in [5.41, 5.74) is 9.26. The van der Waals surface area contributed by atoms with Gasteiger partial charge in [0.15, 0.2) is 0 Å². The third kappa shape index (κ3) is 5.78. The molecule has 0 amide bonds. The molecule has 0 radical (unpaired) electrons. The van der Waals surface area contributed by atoms with Gasteiger partial charge in [-0.2, -0.15) is 0 Å². The molecular formula is C18H22ClN3O5S. The summed E-state index contributed by atoms with van der Waals surface area (Å²) in [6.45, 7) is 6.29. The molecule has 1 fully saturated rings. The van der Waals surface area contributed by atoms with E-state index in [0.29, 0.717) is 5.02 Å². The van der Waals surface area contributed by atoms with E-state index in [1.807, 2.05) is 19.1 Å². The summed E-state index contributed by atoms with van der Waals surface area (Å²) in [4.78, 5) is 26.6. The van der Waals surface area contributed by atoms with Crippen molar-refractivity contribution in [2.45, 2.75) is 56.3 Å². The summed E-state index contributed by atoms with van der Waals surface area (Å²) in [7, 11) is 0. The highest BCUT2D eigenvalue weighted by Gasteiger charge is 2.46. The molecule has 0 aromatic heterocycles. The molecule has 0 saturated carbocycles. The monoisotopic (exact) mass is 427 g/mol. The Morgan fingerprint density at radius 1 is 1.36 bits per heavy atom. The highest BCUT2D eigenvalue weighted by Crippen LogP contribution is 2.39. The van der Waals surface area contributed by atoms with Gasteiger partial charge in [0, 0.05) is 28.7 Å². The third-order valence-corrected chi connectivity index (χ3v) is 5.92. The number of carbonyl (C=O) groups is 2. The Bertz CT molecular complexity index is 786. The summed E-state index contributed by atoms with van der Waals surface area (Å²) in [5.74, 6) is -1.28. The van der Waals surface area contributed by atoms with Gasteiger partial charge in [-0.25, -0.2) is 0 Å². The van der Waals surface area contributed by atoms with E-state index in [1.54, 1.807) is 13.0 Å². The minimum Gasteiger partial charge on any atom is -0.463 e. The van der Waals surface area contributed by atoms with Crippen LogP contribution in [0.25, 0.3) is 10.4 Å². The Labute approximate surface area is 172 Å². The van der Waals surface area contributed by atoms with Gasteiger partial charge in [-0.3, -0.25) is 9.59 Å². The Morgan fingerprint density at radius 2 is 2.07 bits per heavy atom. The van der Waals surface area contributed by atoms with E-state index in [1.165, 1.54) is 25.6 Å². The fourth-order valence-electron chi connectivity index (χ4n) is 2.87. The van der Waals surface area contributed by atoms with E-state index in [9.17, 15) is 9.59 Å². The number of benzene rings is 1. The van der Waals surface area contributed by atoms with E-state index in [-0.39, 0.29) is 12.5 Å². The molecule has 1 aliphatic rings. The molecule has 5 atom stereocenters. The van der Waals surface area contributed by atoms with Crippen molar-refractivity contribution in [2.75, 3.05) is 6.61 Å². The summed E-state index contributed by atoms with van der Waals surface area (Å²) >= 11 is 7.50. The first-order chi connectivity index (χ1) is 13.2. The zero-order valence-electron chi connectivity index (χ0n) is 16.0. The number of rotatable bonds is 6. The van der Waals surface area contributed by atoms with Crippen molar-refractivity contribution in [3.05, 3.63) is 39.2 Å². The fraction of sp³-hybridized carbons (Fsp3) is 0.556. The zero-order chi connectivity index (χ0) is 20.8. The molecule has 1 aromatic carbocycles. The maximum Gasteiger partial charge on any atom is 0.303 e. The molecule has 1 saturated heterocycles. The summed E-state index contributed by atoms with van der Waals surface area (Å²) in [6.07, 6.45) is -1.33. The van der Waals surface area contributed by atoms with Crippen LogP contribution in [0.4, 0.5) is 0 Å². The van der Waals surface area contributed by atoms with Crippen LogP contribution in [-0.4, -0.2) is 42.2 Å². The predicted molar refractivity (Wildman–Crippen MR) is 105 cm³/mol. The lowest BCUT2D eigenvalue weighted by Crippen LogP contribution is -2.54. The van der Waals surface area contributed by atoms with Crippen LogP contribution in [0, 0.1) is 12.8 Å². The number of esters is 2. The summed E-state index contributed by atoms with van der Waals surface area (Å²) < 4.78 is 16.6. The van der Waals surface area contributed by atoms with Crippen LogP contribution in [0.1, 0.15) is 26.3 Å². The SMILES string of the molecule is CC(=O)OCC1O[C@H](Sc2ccc(C)c(Cl)c2)[C@@H](OC(C)=O)C(N=[N+]=[N-])[C@H]1C. The molecule has 0 N–H and O–H groups in total. The van der Waals surface area contributed by atoms with Gasteiger partial charge >= 0.3 is 11.9 Å². The fourth-order valence-corrected chi connectivity index (χ4v) is 4.26. The minimum atomic E-state index is -0.804. The van der Waals surface area contributed by atoms with Gasteiger partial charge in [-0.1, -0.05) is 41.5 Å². The van der Waals surface area contributed by atoms with Crippen molar-refractivity contribution < 1.29 is 23.8 Å². The van der Waals surface area contributed by atoms with Gasteiger partial charge < -0.3 is 14.2 Å². The standard InChI is InChI=1S/C18H22ClN3O5S/c1-9-5-6-13(7-14(9)19)28-18-17(26-12(4)24)16(21-22-20)10(2)15(27-18)8-25-11(3)23/h5-7,10,15-18H,8H2,1-4H3/t10-,15?,16?,17-,18+/m0/s1. The lowest BCUT2D eigenvalue weighted by atomic mass is 9.89. The van der Waals surface area contributed by atoms with E-state index < -0.39 is 35.6 Å². The smallest absolute Gasteiger partial charge is 0.303 e. The van der Waals surface area contributed by atoms with Crippen LogP contribution in [0.3, 0.4) is 0 Å². The highest BCUT2D eigenvalue weighted by atomic mass is 35.5. The second-order valence-electron chi connectivity index (χ2n) is 6.50. The second kappa shape index (κ2) is 10.0. The highest BCUT2D eigenvalue weighted by molar-refractivity contribution is 7.99. The van der Waals surface area contributed by atoms with Gasteiger partial charge in [-0.05, 0) is 36.1 Å². The normalized spacial score (nSPS) is 26.8. The molecule has 8 nitrogen and oxygen atoms in total. The molecular weight excluding hydrogens is 406 g/mol. The Morgan fingerprint density at radius 3 is 2.64 bits per heavy atom. The largest absolute Gasteiger partial charge is 0.463 e. The first-order valence-corrected chi connectivity index (χ1v) is 9.91. The molecule has 1 aliphatic heterocycles. The summed E-state index contributed by atoms with van der Waals surface area (Å²) in [5, 5.41) is 4.44. The number of azide groups is 1. The Hall–Kier alpha value is -1.93. The molecule has 1 heterocycles. The van der Waals surface area contributed by atoms with Crippen LogP contribution < -0.4 is 0 Å². The molecule has 2 unspecified atom stereocenters. The van der Waals surface area contributed by atoms with E-state index in [4.69, 9.17) is 31.3 Å². The number of aryl methyl sites for hydroxylation is 1. The quantitative estimate of drug-likeness (QED) is 0.290. The van der Waals surface area contributed by atoms with Crippen molar-refractivity contribution in [2.24, 2.45) is 11.0 Å².